The van der Waals surface area contributed by atoms with Crippen molar-refractivity contribution in [2.45, 2.75) is 6.54 Å². The molecule has 1 aromatic carbocycles. The van der Waals surface area contributed by atoms with Gasteiger partial charge in [-0.15, -0.1) is 0 Å². The number of carbonyl (C=O) groups excluding carboxylic acids is 1. The van der Waals surface area contributed by atoms with Gasteiger partial charge in [-0.05, 0) is 24.3 Å². The highest BCUT2D eigenvalue weighted by molar-refractivity contribution is 5.94. The van der Waals surface area contributed by atoms with Crippen LogP contribution in [0, 0.1) is 11.3 Å². The van der Waals surface area contributed by atoms with E-state index in [-0.39, 0.29) is 5.91 Å². The first-order valence-electron chi connectivity index (χ1n) is 5.75. The molecule has 1 heterocycles. The first-order valence-corrected chi connectivity index (χ1v) is 5.75. The summed E-state index contributed by atoms with van der Waals surface area (Å²) in [6.07, 6.45) is 3.26. The van der Waals surface area contributed by atoms with Gasteiger partial charge in [-0.3, -0.25) is 9.48 Å². The third-order valence-corrected chi connectivity index (χ3v) is 2.56. The standard InChI is InChI=1S/C13H13N5O/c14-7-10-1-3-11(4-2-10)13(19)16-5-6-18-9-12(15)8-17-18/h1-4,8-9H,5-6,15H2,(H,16,19). The van der Waals surface area contributed by atoms with Gasteiger partial charge >= 0.3 is 0 Å². The van der Waals surface area contributed by atoms with Gasteiger partial charge in [0, 0.05) is 18.3 Å². The number of anilines is 1. The zero-order chi connectivity index (χ0) is 13.7. The van der Waals surface area contributed by atoms with E-state index >= 15 is 0 Å². The zero-order valence-corrected chi connectivity index (χ0v) is 10.2. The fourth-order valence-electron chi connectivity index (χ4n) is 1.58. The number of nitrogens with zero attached hydrogens (tertiary/aromatic N) is 3. The second-order valence-electron chi connectivity index (χ2n) is 3.98. The van der Waals surface area contributed by atoms with Crippen LogP contribution in [0.5, 0.6) is 0 Å². The smallest absolute Gasteiger partial charge is 0.251 e. The van der Waals surface area contributed by atoms with Crippen LogP contribution < -0.4 is 11.1 Å². The summed E-state index contributed by atoms with van der Waals surface area (Å²) in [6, 6.07) is 8.48. The molecule has 1 amide bonds. The van der Waals surface area contributed by atoms with Crippen molar-refractivity contribution in [3.05, 3.63) is 47.8 Å². The number of nitrogens with two attached hydrogens (primary N) is 1. The van der Waals surface area contributed by atoms with E-state index in [2.05, 4.69) is 10.4 Å². The van der Waals surface area contributed by atoms with Gasteiger partial charge in [0.15, 0.2) is 0 Å². The largest absolute Gasteiger partial charge is 0.396 e. The van der Waals surface area contributed by atoms with Crippen molar-refractivity contribution in [1.29, 1.82) is 5.26 Å². The minimum absolute atomic E-state index is 0.176. The number of hydrogen-bond donors (Lipinski definition) is 2. The molecule has 96 valence electrons. The molecule has 0 radical (unpaired) electrons. The molecule has 0 saturated carbocycles. The van der Waals surface area contributed by atoms with Crippen LogP contribution >= 0.6 is 0 Å². The van der Waals surface area contributed by atoms with Gasteiger partial charge < -0.3 is 11.1 Å². The molecule has 0 atom stereocenters. The third-order valence-electron chi connectivity index (χ3n) is 2.56. The van der Waals surface area contributed by atoms with Crippen molar-refractivity contribution in [2.24, 2.45) is 0 Å². The van der Waals surface area contributed by atoms with E-state index < -0.39 is 0 Å². The molecule has 2 rings (SSSR count). The summed E-state index contributed by atoms with van der Waals surface area (Å²) in [5, 5.41) is 15.4. The number of nitrogens with one attached hydrogen (secondary N) is 1. The highest BCUT2D eigenvalue weighted by Gasteiger charge is 2.04. The summed E-state index contributed by atoms with van der Waals surface area (Å²) >= 11 is 0. The topological polar surface area (TPSA) is 96.7 Å². The quantitative estimate of drug-likeness (QED) is 0.843. The Labute approximate surface area is 110 Å². The number of rotatable bonds is 4. The van der Waals surface area contributed by atoms with Gasteiger partial charge in [0.05, 0.1) is 30.1 Å². The Morgan fingerprint density at radius 3 is 2.74 bits per heavy atom. The average molecular weight is 255 g/mol. The van der Waals surface area contributed by atoms with E-state index in [4.69, 9.17) is 11.0 Å². The highest BCUT2D eigenvalue weighted by Crippen LogP contribution is 2.03. The van der Waals surface area contributed by atoms with E-state index in [1.807, 2.05) is 6.07 Å². The van der Waals surface area contributed by atoms with Crippen molar-refractivity contribution in [3.63, 3.8) is 0 Å². The van der Waals surface area contributed by atoms with E-state index in [1.54, 1.807) is 41.3 Å². The van der Waals surface area contributed by atoms with Crippen molar-refractivity contribution < 1.29 is 4.79 Å². The lowest BCUT2D eigenvalue weighted by Gasteiger charge is -2.05. The summed E-state index contributed by atoms with van der Waals surface area (Å²) in [6.45, 7) is 1.01. The maximum Gasteiger partial charge on any atom is 0.251 e. The van der Waals surface area contributed by atoms with Crippen LogP contribution in [0.25, 0.3) is 0 Å². The molecular formula is C13H13N5O. The van der Waals surface area contributed by atoms with Gasteiger partial charge in [0.25, 0.3) is 5.91 Å². The van der Waals surface area contributed by atoms with Gasteiger partial charge in [-0.1, -0.05) is 0 Å². The van der Waals surface area contributed by atoms with Crippen molar-refractivity contribution in [3.8, 4) is 6.07 Å². The van der Waals surface area contributed by atoms with Gasteiger partial charge in [-0.2, -0.15) is 10.4 Å². The van der Waals surface area contributed by atoms with Crippen LogP contribution in [0.3, 0.4) is 0 Å². The highest BCUT2D eigenvalue weighted by atomic mass is 16.1. The number of aromatic nitrogens is 2. The lowest BCUT2D eigenvalue weighted by Crippen LogP contribution is -2.27. The Balaban J connectivity index is 1.85. The fourth-order valence-corrected chi connectivity index (χ4v) is 1.58. The molecule has 0 bridgehead atoms. The van der Waals surface area contributed by atoms with E-state index in [0.717, 1.165) is 0 Å². The monoisotopic (exact) mass is 255 g/mol. The van der Waals surface area contributed by atoms with Crippen LogP contribution in [-0.2, 0) is 6.54 Å². The summed E-state index contributed by atoms with van der Waals surface area (Å²) in [7, 11) is 0. The van der Waals surface area contributed by atoms with Gasteiger partial charge in [0.1, 0.15) is 0 Å². The number of nitriles is 1. The number of nitrogen functional groups attached to an aromatic ring is 1. The van der Waals surface area contributed by atoms with E-state index in [1.165, 1.54) is 0 Å². The first-order chi connectivity index (χ1) is 9.19. The number of amides is 1. The van der Waals surface area contributed by atoms with Crippen molar-refractivity contribution in [1.82, 2.24) is 15.1 Å². The fraction of sp³-hybridized carbons (Fsp3) is 0.154. The van der Waals surface area contributed by atoms with Crippen LogP contribution in [0.2, 0.25) is 0 Å². The maximum absolute atomic E-state index is 11.8. The molecule has 1 aromatic heterocycles. The summed E-state index contributed by atoms with van der Waals surface area (Å²) < 4.78 is 1.66. The maximum atomic E-state index is 11.8. The van der Waals surface area contributed by atoms with Crippen LogP contribution in [0.4, 0.5) is 5.69 Å². The minimum atomic E-state index is -0.176. The minimum Gasteiger partial charge on any atom is -0.396 e. The van der Waals surface area contributed by atoms with E-state index in [0.29, 0.717) is 29.9 Å². The Kier molecular flexibility index (Phi) is 3.78. The number of benzene rings is 1. The molecule has 19 heavy (non-hydrogen) atoms. The third kappa shape index (κ3) is 3.33. The second kappa shape index (κ2) is 5.69. The molecule has 3 N–H and O–H groups in total. The summed E-state index contributed by atoms with van der Waals surface area (Å²) in [5.41, 5.74) is 7.19. The Hall–Kier alpha value is -2.81. The molecule has 0 fully saturated rings. The Bertz CT molecular complexity index is 609. The molecule has 0 unspecified atom stereocenters. The zero-order valence-electron chi connectivity index (χ0n) is 10.2. The van der Waals surface area contributed by atoms with Crippen LogP contribution in [0.1, 0.15) is 15.9 Å². The van der Waals surface area contributed by atoms with Crippen LogP contribution in [0.15, 0.2) is 36.7 Å². The van der Waals surface area contributed by atoms with Crippen molar-refractivity contribution in [2.75, 3.05) is 12.3 Å². The van der Waals surface area contributed by atoms with Crippen molar-refractivity contribution >= 4 is 11.6 Å². The van der Waals surface area contributed by atoms with Crippen LogP contribution in [-0.4, -0.2) is 22.2 Å². The molecular weight excluding hydrogens is 242 g/mol. The predicted molar refractivity (Wildman–Crippen MR) is 70.1 cm³/mol. The lowest BCUT2D eigenvalue weighted by molar-refractivity contribution is 0.0952. The molecule has 0 spiro atoms. The first kappa shape index (κ1) is 12.6. The molecule has 0 aliphatic carbocycles. The SMILES string of the molecule is N#Cc1ccc(C(=O)NCCn2cc(N)cn2)cc1. The predicted octanol–water partition coefficient (Wildman–Crippen LogP) is 0.767. The van der Waals surface area contributed by atoms with E-state index in [9.17, 15) is 4.79 Å². The molecule has 6 nitrogen and oxygen atoms in total. The second-order valence-corrected chi connectivity index (χ2v) is 3.98. The number of hydrogen-bond acceptors (Lipinski definition) is 4. The lowest BCUT2D eigenvalue weighted by atomic mass is 10.1. The summed E-state index contributed by atoms with van der Waals surface area (Å²) in [4.78, 5) is 11.8. The Morgan fingerprint density at radius 2 is 2.16 bits per heavy atom. The molecule has 0 aliphatic heterocycles. The summed E-state index contributed by atoms with van der Waals surface area (Å²) in [5.74, 6) is -0.176. The molecule has 0 saturated heterocycles. The molecule has 2 aromatic rings. The van der Waals surface area contributed by atoms with Gasteiger partial charge in [-0.25, -0.2) is 0 Å². The van der Waals surface area contributed by atoms with Gasteiger partial charge in [0.2, 0.25) is 0 Å². The Morgan fingerprint density at radius 1 is 1.42 bits per heavy atom. The average Bonchev–Trinajstić information content (AvgIpc) is 2.84. The molecule has 6 heteroatoms. The molecule has 0 aliphatic rings. The normalized spacial score (nSPS) is 9.84. The number of carbonyl (C=O) groups is 1.